The molecular weight excluding hydrogens is 919 g/mol. The van der Waals surface area contributed by atoms with Crippen LogP contribution in [0.15, 0.2) is 46.4 Å². The molecule has 0 aliphatic heterocycles. The van der Waals surface area contributed by atoms with Crippen LogP contribution in [0, 0.1) is 31.1 Å². The van der Waals surface area contributed by atoms with Crippen LogP contribution in [0.1, 0.15) is 94.3 Å². The number of methoxy groups -OCH3 is 2. The number of nitrogens with two attached hydrogens (primary N) is 6. The van der Waals surface area contributed by atoms with Gasteiger partial charge in [-0.1, -0.05) is 11.8 Å². The number of guanidine groups is 2. The molecule has 18 nitrogen and oxygen atoms in total. The number of halogens is 6. The number of aliphatic imine (C=N–C) groups is 2. The number of carbonyl (C=O) groups is 4. The summed E-state index contributed by atoms with van der Waals surface area (Å²) in [6.07, 6.45) is -3.20. The molecule has 4 amide bonds. The van der Waals surface area contributed by atoms with Crippen LogP contribution < -0.4 is 65.1 Å². The van der Waals surface area contributed by atoms with Crippen molar-refractivity contribution in [2.24, 2.45) is 44.4 Å². The van der Waals surface area contributed by atoms with Crippen LogP contribution in [0.25, 0.3) is 0 Å². The molecule has 0 saturated heterocycles. The van der Waals surface area contributed by atoms with Crippen LogP contribution in [-0.4, -0.2) is 75.9 Å². The number of terminal acetylenes is 1. The van der Waals surface area contributed by atoms with E-state index >= 15 is 0 Å². The fourth-order valence-corrected chi connectivity index (χ4v) is 5.85. The van der Waals surface area contributed by atoms with Crippen molar-refractivity contribution in [3.63, 3.8) is 0 Å². The molecule has 0 aromatic heterocycles. The normalized spacial score (nSPS) is 10.7. The van der Waals surface area contributed by atoms with Crippen LogP contribution in [0.4, 0.5) is 49.1 Å². The number of unbranched alkanes of at least 4 members (excludes halogenated alkanes) is 2. The fourth-order valence-electron chi connectivity index (χ4n) is 5.85. The Morgan fingerprint density at radius 2 is 1.03 bits per heavy atom. The van der Waals surface area contributed by atoms with E-state index in [1.54, 1.807) is 0 Å². The van der Waals surface area contributed by atoms with E-state index in [1.165, 1.54) is 6.92 Å². The number of nitrogens with one attached hydrogen (secondary N) is 4. The van der Waals surface area contributed by atoms with Gasteiger partial charge in [-0.05, 0) is 68.5 Å². The van der Waals surface area contributed by atoms with E-state index in [-0.39, 0.29) is 96.9 Å². The number of benzene rings is 3. The zero-order valence-electron chi connectivity index (χ0n) is 38.1. The summed E-state index contributed by atoms with van der Waals surface area (Å²) in [5, 5.41) is 9.60. The lowest BCUT2D eigenvalue weighted by Crippen LogP contribution is -2.23. The van der Waals surface area contributed by atoms with Gasteiger partial charge >= 0.3 is 12.4 Å². The number of nitrogens with zero attached hydrogens (tertiary/aromatic N) is 2. The largest absolute Gasteiger partial charge is 0.496 e. The molecule has 0 aliphatic rings. The highest BCUT2D eigenvalue weighted by molar-refractivity contribution is 6.12. The summed E-state index contributed by atoms with van der Waals surface area (Å²) in [6, 6.07) is 4.66. The average Bonchev–Trinajstić information content (AvgIpc) is 3.27. The third-order valence-electron chi connectivity index (χ3n) is 9.24. The minimum Gasteiger partial charge on any atom is -0.496 e. The number of amides is 4. The minimum absolute atomic E-state index is 0.0299. The predicted octanol–water partition coefficient (Wildman–Crippen LogP) is 4.99. The minimum atomic E-state index is -4.98. The summed E-state index contributed by atoms with van der Waals surface area (Å²) in [7, 11) is 2.30. The van der Waals surface area contributed by atoms with Gasteiger partial charge in [-0.25, -0.2) is 0 Å². The zero-order valence-corrected chi connectivity index (χ0v) is 38.1. The van der Waals surface area contributed by atoms with Crippen LogP contribution >= 0.6 is 0 Å². The SMILES string of the molecule is C#CCCN.COc1cc(OC)c(C(=O)Nc2cc(C(F)(F)F)cc(NC(=O)CCCCN=C(N)N)c2C#CCCN)cc1C(=O)Nc1cc(C(F)(F)F)cc(NC(=O)CCCCN=C(N)N)c1C. The van der Waals surface area contributed by atoms with Crippen LogP contribution in [-0.2, 0) is 21.9 Å². The lowest BCUT2D eigenvalue weighted by molar-refractivity contribution is -0.138. The zero-order chi connectivity index (χ0) is 51.9. The van der Waals surface area contributed by atoms with E-state index in [9.17, 15) is 45.5 Å². The standard InChI is InChI=1S/C41H49F6N11O6.C4H7N/c1-22-28(55-34(59)11-5-8-14-53-38(49)50)16-23(40(42,43)44)17-29(22)57-36(61)26-20-27(33(64-3)21-32(26)63-2)37(62)58-31-19-24(41(45,46)47)18-30(25(31)10-4-7-13-48)56-35(60)12-6-9-15-54-39(51)52;1-2-3-4-5/h16-21H,5-9,11-15,48H2,1-3H3,(H,55,59)(H,56,60)(H,57,61)(H,58,62)(H4,49,50,53)(H4,51,52,54);1H,3-5H2. The molecule has 0 heterocycles. The average molecular weight is 975 g/mol. The molecule has 3 aromatic carbocycles. The Morgan fingerprint density at radius 1 is 0.623 bits per heavy atom. The number of anilines is 4. The predicted molar refractivity (Wildman–Crippen MR) is 252 cm³/mol. The van der Waals surface area contributed by atoms with E-state index in [4.69, 9.17) is 50.3 Å². The molecule has 24 heteroatoms. The summed E-state index contributed by atoms with van der Waals surface area (Å²) >= 11 is 0. The third kappa shape index (κ3) is 19.2. The van der Waals surface area contributed by atoms with Gasteiger partial charge in [-0.15, -0.1) is 12.3 Å². The summed E-state index contributed by atoms with van der Waals surface area (Å²) in [4.78, 5) is 61.2. The van der Waals surface area contributed by atoms with Gasteiger partial charge in [0.15, 0.2) is 11.9 Å². The summed E-state index contributed by atoms with van der Waals surface area (Å²) in [5.41, 5.74) is 26.7. The Bertz CT molecular complexity index is 2450. The monoisotopic (exact) mass is 974 g/mol. The van der Waals surface area contributed by atoms with Crippen molar-refractivity contribution < 1.29 is 55.0 Å². The molecule has 3 aromatic rings. The first kappa shape index (κ1) is 57.4. The van der Waals surface area contributed by atoms with Crippen molar-refractivity contribution in [2.75, 3.05) is 61.7 Å². The van der Waals surface area contributed by atoms with Gasteiger partial charge in [0.2, 0.25) is 11.8 Å². The van der Waals surface area contributed by atoms with Gasteiger partial charge < -0.3 is 65.1 Å². The first-order valence-electron chi connectivity index (χ1n) is 20.9. The number of hydrogen-bond acceptors (Lipinski definition) is 10. The molecule has 0 radical (unpaired) electrons. The van der Waals surface area contributed by atoms with E-state index in [0.29, 0.717) is 56.5 Å². The summed E-state index contributed by atoms with van der Waals surface area (Å²) in [6.45, 7) is 2.47. The highest BCUT2D eigenvalue weighted by atomic mass is 19.4. The molecule has 3 rings (SSSR count). The maximum Gasteiger partial charge on any atom is 0.416 e. The van der Waals surface area contributed by atoms with E-state index < -0.39 is 63.9 Å². The van der Waals surface area contributed by atoms with Crippen molar-refractivity contribution >= 4 is 58.3 Å². The van der Waals surface area contributed by atoms with Crippen molar-refractivity contribution in [3.8, 4) is 35.7 Å². The maximum absolute atomic E-state index is 14.3. The maximum atomic E-state index is 14.3. The van der Waals surface area contributed by atoms with Gasteiger partial charge in [0.25, 0.3) is 11.8 Å². The molecule has 69 heavy (non-hydrogen) atoms. The fraction of sp³-hybridized carbons (Fsp3) is 0.378. The van der Waals surface area contributed by atoms with Gasteiger partial charge in [-0.3, -0.25) is 29.2 Å². The van der Waals surface area contributed by atoms with Crippen molar-refractivity contribution in [1.82, 2.24) is 0 Å². The van der Waals surface area contributed by atoms with Gasteiger partial charge in [0.1, 0.15) is 11.5 Å². The van der Waals surface area contributed by atoms with Crippen LogP contribution in [0.3, 0.4) is 0 Å². The third-order valence-corrected chi connectivity index (χ3v) is 9.24. The molecular formula is C45H56F6N12O6. The van der Waals surface area contributed by atoms with E-state index in [0.717, 1.165) is 26.4 Å². The Balaban J connectivity index is 0.00000309. The van der Waals surface area contributed by atoms with Gasteiger partial charge in [0, 0.05) is 69.3 Å². The van der Waals surface area contributed by atoms with Crippen molar-refractivity contribution in [2.45, 2.75) is 70.6 Å². The highest BCUT2D eigenvalue weighted by Crippen LogP contribution is 2.39. The number of hydrogen-bond donors (Lipinski definition) is 10. The molecule has 374 valence electrons. The van der Waals surface area contributed by atoms with Crippen LogP contribution in [0.2, 0.25) is 0 Å². The van der Waals surface area contributed by atoms with E-state index in [1.807, 2.05) is 0 Å². The smallest absolute Gasteiger partial charge is 0.416 e. The van der Waals surface area contributed by atoms with Crippen LogP contribution in [0.5, 0.6) is 11.5 Å². The molecule has 0 bridgehead atoms. The molecule has 0 unspecified atom stereocenters. The second-order valence-corrected chi connectivity index (χ2v) is 14.5. The Labute approximate surface area is 394 Å². The summed E-state index contributed by atoms with van der Waals surface area (Å²) < 4.78 is 95.8. The second-order valence-electron chi connectivity index (χ2n) is 14.5. The van der Waals surface area contributed by atoms with Gasteiger partial charge in [0.05, 0.1) is 53.4 Å². The van der Waals surface area contributed by atoms with E-state index in [2.05, 4.69) is 49.0 Å². The molecule has 16 N–H and O–H groups in total. The molecule has 0 atom stereocenters. The highest BCUT2D eigenvalue weighted by Gasteiger charge is 2.34. The quantitative estimate of drug-likeness (QED) is 0.0236. The second kappa shape index (κ2) is 27.8. The number of rotatable bonds is 20. The first-order valence-corrected chi connectivity index (χ1v) is 20.9. The lowest BCUT2D eigenvalue weighted by Gasteiger charge is -2.19. The number of ether oxygens (including phenoxy) is 2. The van der Waals surface area contributed by atoms with Crippen molar-refractivity contribution in [3.05, 3.63) is 69.8 Å². The Kier molecular flexibility index (Phi) is 23.2. The molecule has 0 saturated carbocycles. The molecule has 0 spiro atoms. The van der Waals surface area contributed by atoms with Gasteiger partial charge in [-0.2, -0.15) is 26.3 Å². The Hall–Kier alpha value is -7.70. The first-order chi connectivity index (χ1) is 32.5. The molecule has 0 aliphatic carbocycles. The van der Waals surface area contributed by atoms with Crippen molar-refractivity contribution in [1.29, 1.82) is 0 Å². The lowest BCUT2D eigenvalue weighted by atomic mass is 10.0. The number of alkyl halides is 6. The summed E-state index contributed by atoms with van der Waals surface area (Å²) in [5.74, 6) is 3.46. The molecule has 0 fully saturated rings. The Morgan fingerprint density at radius 3 is 1.42 bits per heavy atom. The number of carbonyl (C=O) groups excluding carboxylic acids is 4. The topological polar surface area (TPSA) is 316 Å².